The van der Waals surface area contributed by atoms with Gasteiger partial charge in [0.25, 0.3) is 5.56 Å². The second kappa shape index (κ2) is 8.96. The van der Waals surface area contributed by atoms with E-state index in [9.17, 15) is 14.4 Å². The van der Waals surface area contributed by atoms with Gasteiger partial charge >= 0.3 is 5.69 Å². The van der Waals surface area contributed by atoms with Gasteiger partial charge in [0.15, 0.2) is 0 Å². The molecule has 7 heteroatoms. The molecule has 0 unspecified atom stereocenters. The minimum atomic E-state index is -0.488. The molecule has 32 heavy (non-hydrogen) atoms. The van der Waals surface area contributed by atoms with Crippen molar-refractivity contribution in [3.63, 3.8) is 0 Å². The molecule has 6 nitrogen and oxygen atoms in total. The molecule has 0 aliphatic heterocycles. The number of hydrogen-bond acceptors (Lipinski definition) is 4. The van der Waals surface area contributed by atoms with Gasteiger partial charge in [0.1, 0.15) is 11.2 Å². The zero-order valence-corrected chi connectivity index (χ0v) is 19.2. The number of carbonyl (C=O) groups excluding carboxylic acids is 1. The maximum atomic E-state index is 13.3. The number of rotatable bonds is 6. The Morgan fingerprint density at radius 1 is 1.00 bits per heavy atom. The molecular weight excluding hydrogens is 422 g/mol. The summed E-state index contributed by atoms with van der Waals surface area (Å²) in [5.74, 6) is -0.308. The van der Waals surface area contributed by atoms with E-state index >= 15 is 0 Å². The molecular formula is C25H25N3O3S. The van der Waals surface area contributed by atoms with Gasteiger partial charge < -0.3 is 5.32 Å². The molecule has 0 bridgehead atoms. The van der Waals surface area contributed by atoms with E-state index in [1.807, 2.05) is 63.2 Å². The standard InChI is InChI=1S/C25H25N3O3S/c1-4-19-7-5-6-8-20(19)26-22(29)15-27-21-11-12-32-23(21)24(30)28(25(27)31)14-18-10-9-16(2)17(3)13-18/h5-13H,4,14-15H2,1-3H3,(H,26,29). The number of amides is 1. The summed E-state index contributed by atoms with van der Waals surface area (Å²) in [7, 11) is 0. The molecule has 0 saturated heterocycles. The fourth-order valence-electron chi connectivity index (χ4n) is 3.79. The Labute approximate surface area is 189 Å². The molecule has 0 saturated carbocycles. The van der Waals surface area contributed by atoms with Crippen molar-refractivity contribution in [1.29, 1.82) is 0 Å². The molecule has 2 heterocycles. The number of thiophene rings is 1. The molecule has 4 aromatic rings. The molecule has 2 aromatic carbocycles. The summed E-state index contributed by atoms with van der Waals surface area (Å²) in [6, 6.07) is 15.2. The van der Waals surface area contributed by atoms with Crippen molar-refractivity contribution < 1.29 is 4.79 Å². The number of para-hydroxylation sites is 1. The fourth-order valence-corrected chi connectivity index (χ4v) is 4.64. The molecule has 164 valence electrons. The van der Waals surface area contributed by atoms with Gasteiger partial charge in [-0.25, -0.2) is 4.79 Å². The summed E-state index contributed by atoms with van der Waals surface area (Å²) in [5.41, 5.74) is 4.55. The van der Waals surface area contributed by atoms with Crippen molar-refractivity contribution in [2.75, 3.05) is 5.32 Å². The van der Waals surface area contributed by atoms with E-state index in [0.29, 0.717) is 10.2 Å². The van der Waals surface area contributed by atoms with Crippen LogP contribution in [0.2, 0.25) is 0 Å². The molecule has 0 aliphatic carbocycles. The summed E-state index contributed by atoms with van der Waals surface area (Å²) in [5, 5.41) is 4.68. The number of fused-ring (bicyclic) bond motifs is 1. The van der Waals surface area contributed by atoms with Crippen LogP contribution in [0.1, 0.15) is 29.2 Å². The Bertz CT molecular complexity index is 1430. The number of benzene rings is 2. The highest BCUT2D eigenvalue weighted by Gasteiger charge is 2.17. The van der Waals surface area contributed by atoms with Crippen LogP contribution in [0.15, 0.2) is 63.5 Å². The normalized spacial score (nSPS) is 11.1. The molecule has 0 spiro atoms. The average molecular weight is 448 g/mol. The number of nitrogens with zero attached hydrogens (tertiary/aromatic N) is 2. The van der Waals surface area contributed by atoms with Crippen LogP contribution in [0.4, 0.5) is 5.69 Å². The van der Waals surface area contributed by atoms with Crippen LogP contribution < -0.4 is 16.6 Å². The largest absolute Gasteiger partial charge is 0.332 e. The minimum Gasteiger partial charge on any atom is -0.324 e. The second-order valence-corrected chi connectivity index (χ2v) is 8.79. The van der Waals surface area contributed by atoms with Crippen LogP contribution in [-0.2, 0) is 24.3 Å². The number of nitrogens with one attached hydrogen (secondary N) is 1. The number of aromatic nitrogens is 2. The quantitative estimate of drug-likeness (QED) is 0.484. The van der Waals surface area contributed by atoms with Crippen molar-refractivity contribution in [2.24, 2.45) is 0 Å². The van der Waals surface area contributed by atoms with Crippen LogP contribution in [0.3, 0.4) is 0 Å². The monoisotopic (exact) mass is 447 g/mol. The van der Waals surface area contributed by atoms with E-state index < -0.39 is 5.69 Å². The smallest absolute Gasteiger partial charge is 0.324 e. The first kappa shape index (κ1) is 21.8. The minimum absolute atomic E-state index is 0.160. The Morgan fingerprint density at radius 2 is 1.78 bits per heavy atom. The zero-order chi connectivity index (χ0) is 22.8. The summed E-state index contributed by atoms with van der Waals surface area (Å²) in [6.45, 7) is 6.03. The Kier molecular flexibility index (Phi) is 6.10. The summed E-state index contributed by atoms with van der Waals surface area (Å²) in [6.07, 6.45) is 0.784. The zero-order valence-electron chi connectivity index (χ0n) is 18.3. The van der Waals surface area contributed by atoms with Crippen LogP contribution in [-0.4, -0.2) is 15.0 Å². The molecule has 0 radical (unpaired) electrons. The Hall–Kier alpha value is -3.45. The van der Waals surface area contributed by atoms with Gasteiger partial charge in [-0.3, -0.25) is 18.7 Å². The van der Waals surface area contributed by atoms with Gasteiger partial charge in [-0.05, 0) is 60.0 Å². The third-order valence-electron chi connectivity index (χ3n) is 5.72. The molecule has 0 atom stereocenters. The second-order valence-electron chi connectivity index (χ2n) is 7.87. The van der Waals surface area contributed by atoms with Crippen molar-refractivity contribution in [3.8, 4) is 0 Å². The average Bonchev–Trinajstić information content (AvgIpc) is 3.27. The highest BCUT2D eigenvalue weighted by molar-refractivity contribution is 7.17. The lowest BCUT2D eigenvalue weighted by atomic mass is 10.1. The van der Waals surface area contributed by atoms with E-state index in [1.165, 1.54) is 20.5 Å². The van der Waals surface area contributed by atoms with Crippen molar-refractivity contribution in [2.45, 2.75) is 40.3 Å². The van der Waals surface area contributed by atoms with Crippen LogP contribution in [0.5, 0.6) is 0 Å². The van der Waals surface area contributed by atoms with Gasteiger partial charge in [0.2, 0.25) is 5.91 Å². The first-order valence-corrected chi connectivity index (χ1v) is 11.4. The van der Waals surface area contributed by atoms with Crippen molar-refractivity contribution >= 4 is 33.1 Å². The third kappa shape index (κ3) is 4.16. The maximum Gasteiger partial charge on any atom is 0.332 e. The molecule has 0 fully saturated rings. The van der Waals surface area contributed by atoms with E-state index in [2.05, 4.69) is 5.32 Å². The number of hydrogen-bond donors (Lipinski definition) is 1. The molecule has 4 rings (SSSR count). The molecule has 1 amide bonds. The van der Waals surface area contributed by atoms with Gasteiger partial charge in [-0.2, -0.15) is 0 Å². The molecule has 0 aliphatic rings. The topological polar surface area (TPSA) is 73.1 Å². The predicted molar refractivity (Wildman–Crippen MR) is 130 cm³/mol. The maximum absolute atomic E-state index is 13.3. The van der Waals surface area contributed by atoms with Crippen molar-refractivity contribution in [3.05, 3.63) is 97.0 Å². The van der Waals surface area contributed by atoms with Crippen LogP contribution in [0.25, 0.3) is 10.2 Å². The lowest BCUT2D eigenvalue weighted by Crippen LogP contribution is -2.41. The van der Waals surface area contributed by atoms with Crippen molar-refractivity contribution in [1.82, 2.24) is 9.13 Å². The first-order chi connectivity index (χ1) is 15.4. The van der Waals surface area contributed by atoms with E-state index in [4.69, 9.17) is 0 Å². The number of aryl methyl sites for hydroxylation is 3. The lowest BCUT2D eigenvalue weighted by molar-refractivity contribution is -0.116. The fraction of sp³-hybridized carbons (Fsp3) is 0.240. The number of anilines is 1. The van der Waals surface area contributed by atoms with Gasteiger partial charge in [0.05, 0.1) is 12.1 Å². The third-order valence-corrected chi connectivity index (χ3v) is 6.61. The van der Waals surface area contributed by atoms with E-state index in [0.717, 1.165) is 34.4 Å². The highest BCUT2D eigenvalue weighted by atomic mass is 32.1. The number of carbonyl (C=O) groups is 1. The first-order valence-electron chi connectivity index (χ1n) is 10.5. The summed E-state index contributed by atoms with van der Waals surface area (Å²) >= 11 is 1.28. The SMILES string of the molecule is CCc1ccccc1NC(=O)Cn1c(=O)n(Cc2ccc(C)c(C)c2)c(=O)c2sccc21. The molecule has 2 aromatic heterocycles. The highest BCUT2D eigenvalue weighted by Crippen LogP contribution is 2.18. The van der Waals surface area contributed by atoms with E-state index in [1.54, 1.807) is 11.4 Å². The molecule has 1 N–H and O–H groups in total. The van der Waals surface area contributed by atoms with Gasteiger partial charge in [0, 0.05) is 5.69 Å². The Morgan fingerprint density at radius 3 is 2.53 bits per heavy atom. The predicted octanol–water partition coefficient (Wildman–Crippen LogP) is 4.09. The van der Waals surface area contributed by atoms with Gasteiger partial charge in [-0.15, -0.1) is 11.3 Å². The summed E-state index contributed by atoms with van der Waals surface area (Å²) in [4.78, 5) is 39.2. The van der Waals surface area contributed by atoms with Gasteiger partial charge in [-0.1, -0.05) is 43.3 Å². The van der Waals surface area contributed by atoms with Crippen LogP contribution >= 0.6 is 11.3 Å². The Balaban J connectivity index is 1.72. The van der Waals surface area contributed by atoms with Crippen LogP contribution in [0, 0.1) is 13.8 Å². The van der Waals surface area contributed by atoms with E-state index in [-0.39, 0.29) is 24.6 Å². The lowest BCUT2D eigenvalue weighted by Gasteiger charge is -2.14. The summed E-state index contributed by atoms with van der Waals surface area (Å²) < 4.78 is 3.07.